The van der Waals surface area contributed by atoms with Crippen molar-refractivity contribution in [2.24, 2.45) is 0 Å². The molecule has 2 saturated heterocycles. The summed E-state index contributed by atoms with van der Waals surface area (Å²) in [5.41, 5.74) is 4.07. The molecule has 3 aromatic rings. The lowest BCUT2D eigenvalue weighted by atomic mass is 10.2. The van der Waals surface area contributed by atoms with Gasteiger partial charge >= 0.3 is 0 Å². The molecule has 2 atom stereocenters. The Kier molecular flexibility index (Phi) is 3.36. The monoisotopic (exact) mass is 363 g/mol. The maximum Gasteiger partial charge on any atom is 0.227 e. The highest BCUT2D eigenvalue weighted by atomic mass is 16.5. The number of fused-ring (bicyclic) bond motifs is 4. The number of aromatic amines is 1. The minimum absolute atomic E-state index is 0.553. The highest BCUT2D eigenvalue weighted by Crippen LogP contribution is 2.31. The second kappa shape index (κ2) is 5.90. The van der Waals surface area contributed by atoms with Crippen LogP contribution in [-0.2, 0) is 18.0 Å². The molecule has 0 saturated carbocycles. The molecule has 8 heteroatoms. The summed E-state index contributed by atoms with van der Waals surface area (Å²) < 4.78 is 5.66. The van der Waals surface area contributed by atoms with Crippen LogP contribution in [0.4, 0.5) is 17.5 Å². The van der Waals surface area contributed by atoms with E-state index in [1.807, 2.05) is 18.3 Å². The number of nitrogens with one attached hydrogen (secondary N) is 3. The third-order valence-electron chi connectivity index (χ3n) is 5.77. The summed E-state index contributed by atoms with van der Waals surface area (Å²) in [4.78, 5) is 12.0. The second-order valence-corrected chi connectivity index (χ2v) is 7.63. The van der Waals surface area contributed by atoms with Gasteiger partial charge in [0.2, 0.25) is 5.95 Å². The molecule has 27 heavy (non-hydrogen) atoms. The van der Waals surface area contributed by atoms with E-state index in [9.17, 15) is 0 Å². The molecule has 0 spiro atoms. The molecule has 3 aliphatic heterocycles. The number of H-pyrrole nitrogens is 1. The van der Waals surface area contributed by atoms with E-state index in [1.165, 1.54) is 12.8 Å². The van der Waals surface area contributed by atoms with Crippen molar-refractivity contribution >= 4 is 28.4 Å². The third-order valence-corrected chi connectivity index (χ3v) is 5.77. The van der Waals surface area contributed by atoms with Gasteiger partial charge in [-0.2, -0.15) is 10.1 Å². The van der Waals surface area contributed by atoms with Crippen molar-refractivity contribution in [3.63, 3.8) is 0 Å². The summed E-state index contributed by atoms with van der Waals surface area (Å²) in [6, 6.07) is 7.24. The Morgan fingerprint density at radius 1 is 1.11 bits per heavy atom. The number of piperazine rings is 1. The zero-order valence-electron chi connectivity index (χ0n) is 14.9. The van der Waals surface area contributed by atoms with Crippen LogP contribution in [0.3, 0.4) is 0 Å². The number of hydrogen-bond acceptors (Lipinski definition) is 7. The minimum atomic E-state index is 0.553. The van der Waals surface area contributed by atoms with Gasteiger partial charge in [-0.05, 0) is 31.0 Å². The molecular formula is C19H21N7O. The molecule has 3 aliphatic rings. The first-order chi connectivity index (χ1) is 13.3. The predicted octanol–water partition coefficient (Wildman–Crippen LogP) is 2.07. The van der Waals surface area contributed by atoms with Gasteiger partial charge in [0, 0.05) is 41.8 Å². The Labute approximate surface area is 156 Å². The van der Waals surface area contributed by atoms with Gasteiger partial charge in [-0.3, -0.25) is 5.10 Å². The Morgan fingerprint density at radius 2 is 2.00 bits per heavy atom. The van der Waals surface area contributed by atoms with Crippen LogP contribution in [0.15, 0.2) is 24.4 Å². The topological polar surface area (TPSA) is 91.0 Å². The molecule has 2 unspecified atom stereocenters. The molecule has 2 bridgehead atoms. The van der Waals surface area contributed by atoms with Gasteiger partial charge in [0.15, 0.2) is 0 Å². The van der Waals surface area contributed by atoms with Crippen LogP contribution in [0.25, 0.3) is 10.9 Å². The number of rotatable bonds is 3. The van der Waals surface area contributed by atoms with Crippen LogP contribution < -0.4 is 15.5 Å². The fourth-order valence-corrected chi connectivity index (χ4v) is 4.40. The van der Waals surface area contributed by atoms with E-state index >= 15 is 0 Å². The lowest BCUT2D eigenvalue weighted by Crippen LogP contribution is -2.51. The van der Waals surface area contributed by atoms with E-state index in [2.05, 4.69) is 31.8 Å². The van der Waals surface area contributed by atoms with Gasteiger partial charge in [-0.25, -0.2) is 4.98 Å². The number of ether oxygens (including phenoxy) is 1. The Morgan fingerprint density at radius 3 is 2.89 bits per heavy atom. The maximum absolute atomic E-state index is 5.66. The van der Waals surface area contributed by atoms with E-state index in [4.69, 9.17) is 14.7 Å². The van der Waals surface area contributed by atoms with Crippen LogP contribution in [-0.4, -0.2) is 45.3 Å². The molecule has 138 valence electrons. The van der Waals surface area contributed by atoms with Gasteiger partial charge in [-0.15, -0.1) is 0 Å². The van der Waals surface area contributed by atoms with Crippen molar-refractivity contribution in [2.75, 3.05) is 23.3 Å². The fraction of sp³-hybridized carbons (Fsp3) is 0.421. The average Bonchev–Trinajstić information content (AvgIpc) is 3.41. The molecule has 0 amide bonds. The van der Waals surface area contributed by atoms with E-state index < -0.39 is 0 Å². The highest BCUT2D eigenvalue weighted by Gasteiger charge is 2.34. The number of hydrogen-bond donors (Lipinski definition) is 3. The first-order valence-corrected chi connectivity index (χ1v) is 9.50. The molecule has 1 aromatic carbocycles. The van der Waals surface area contributed by atoms with Crippen molar-refractivity contribution < 1.29 is 4.74 Å². The summed E-state index contributed by atoms with van der Waals surface area (Å²) in [6.45, 7) is 3.05. The molecule has 3 N–H and O–H groups in total. The average molecular weight is 363 g/mol. The van der Waals surface area contributed by atoms with Crippen LogP contribution in [0.1, 0.15) is 24.1 Å². The van der Waals surface area contributed by atoms with E-state index in [-0.39, 0.29) is 0 Å². The summed E-state index contributed by atoms with van der Waals surface area (Å²) in [6.07, 6.45) is 4.31. The zero-order valence-corrected chi connectivity index (χ0v) is 14.9. The van der Waals surface area contributed by atoms with Crippen molar-refractivity contribution in [1.82, 2.24) is 25.5 Å². The summed E-state index contributed by atoms with van der Waals surface area (Å²) in [5, 5.41) is 15.3. The predicted molar refractivity (Wildman–Crippen MR) is 102 cm³/mol. The Bertz CT molecular complexity index is 1000. The van der Waals surface area contributed by atoms with Gasteiger partial charge < -0.3 is 20.3 Å². The quantitative estimate of drug-likeness (QED) is 0.656. The van der Waals surface area contributed by atoms with E-state index in [1.54, 1.807) is 0 Å². The third kappa shape index (κ3) is 2.64. The van der Waals surface area contributed by atoms with Crippen molar-refractivity contribution in [3.05, 3.63) is 35.7 Å². The Hall–Kier alpha value is -2.71. The molecule has 6 rings (SSSR count). The number of aromatic nitrogens is 4. The molecule has 5 heterocycles. The smallest absolute Gasteiger partial charge is 0.227 e. The van der Waals surface area contributed by atoms with E-state index in [0.29, 0.717) is 25.3 Å². The first kappa shape index (κ1) is 15.4. The minimum Gasteiger partial charge on any atom is -0.370 e. The van der Waals surface area contributed by atoms with Crippen molar-refractivity contribution in [3.8, 4) is 0 Å². The largest absolute Gasteiger partial charge is 0.370 e. The molecular weight excluding hydrogens is 342 g/mol. The van der Waals surface area contributed by atoms with Crippen LogP contribution in [0.2, 0.25) is 0 Å². The van der Waals surface area contributed by atoms with E-state index in [0.717, 1.165) is 52.7 Å². The lowest BCUT2D eigenvalue weighted by Gasteiger charge is -2.33. The molecule has 2 fully saturated rings. The van der Waals surface area contributed by atoms with Gasteiger partial charge in [0.25, 0.3) is 0 Å². The van der Waals surface area contributed by atoms with Crippen molar-refractivity contribution in [1.29, 1.82) is 0 Å². The zero-order chi connectivity index (χ0) is 17.8. The van der Waals surface area contributed by atoms with Crippen molar-refractivity contribution in [2.45, 2.75) is 38.1 Å². The number of nitrogens with zero attached hydrogens (tertiary/aromatic N) is 4. The number of anilines is 3. The summed E-state index contributed by atoms with van der Waals surface area (Å²) in [7, 11) is 0. The van der Waals surface area contributed by atoms with Gasteiger partial charge in [-0.1, -0.05) is 0 Å². The lowest BCUT2D eigenvalue weighted by molar-refractivity contribution is 0.133. The molecule has 8 nitrogen and oxygen atoms in total. The SMILES string of the molecule is c1cc2[nH]ncc2cc1Nc1nc(N2CC3CCC(C2)N3)nc2c1COC2. The maximum atomic E-state index is 5.66. The van der Waals surface area contributed by atoms with Crippen LogP contribution >= 0.6 is 0 Å². The fourth-order valence-electron chi connectivity index (χ4n) is 4.40. The molecule has 2 aromatic heterocycles. The Balaban J connectivity index is 1.36. The second-order valence-electron chi connectivity index (χ2n) is 7.63. The van der Waals surface area contributed by atoms with Crippen LogP contribution in [0, 0.1) is 0 Å². The normalized spacial score (nSPS) is 23.8. The number of benzene rings is 1. The summed E-state index contributed by atoms with van der Waals surface area (Å²) >= 11 is 0. The molecule has 0 radical (unpaired) electrons. The van der Waals surface area contributed by atoms with Crippen LogP contribution in [0.5, 0.6) is 0 Å². The standard InChI is InChI=1S/C19H21N7O/c1-2-14-8-26(7-13(1)21-14)19-23-17-10-27-9-15(17)18(24-19)22-12-3-4-16-11(5-12)6-20-25-16/h3-6,13-14,21H,1-2,7-10H2,(H,20,25)(H,22,23,24). The first-order valence-electron chi connectivity index (χ1n) is 9.50. The van der Waals surface area contributed by atoms with Gasteiger partial charge in [0.1, 0.15) is 5.82 Å². The molecule has 0 aliphatic carbocycles. The highest BCUT2D eigenvalue weighted by molar-refractivity contribution is 5.83. The van der Waals surface area contributed by atoms with Gasteiger partial charge in [0.05, 0.1) is 30.6 Å². The summed E-state index contributed by atoms with van der Waals surface area (Å²) in [5.74, 6) is 1.66.